The quantitative estimate of drug-likeness (QED) is 0.347. The van der Waals surface area contributed by atoms with E-state index < -0.39 is 0 Å². The zero-order valence-electron chi connectivity index (χ0n) is 3.22. The predicted octanol–water partition coefficient (Wildman–Crippen LogP) is 0.275. The Hall–Kier alpha value is 1.33. The summed E-state index contributed by atoms with van der Waals surface area (Å²) >= 11 is 0. The fraction of sp³-hybridized carbons (Fsp3) is 0. The van der Waals surface area contributed by atoms with E-state index in [1.165, 1.54) is 6.29 Å². The zero-order valence-corrected chi connectivity index (χ0v) is 8.38. The van der Waals surface area contributed by atoms with Gasteiger partial charge in [-0.05, 0) is 6.29 Å². The SMILES string of the molecule is C=C[C-]=O.[Au+].[Mo].[Ni]. The molecule has 0 radical (unpaired) electrons. The molecule has 0 heterocycles. The Morgan fingerprint density at radius 2 is 1.71 bits per heavy atom. The first-order valence-electron chi connectivity index (χ1n) is 0.901. The van der Waals surface area contributed by atoms with Crippen molar-refractivity contribution in [1.29, 1.82) is 0 Å². The maximum atomic E-state index is 8.93. The monoisotopic (exact) mass is 408 g/mol. The van der Waals surface area contributed by atoms with E-state index >= 15 is 0 Å². The van der Waals surface area contributed by atoms with E-state index in [0.29, 0.717) is 0 Å². The van der Waals surface area contributed by atoms with Gasteiger partial charge in [0.05, 0.1) is 0 Å². The molecule has 0 bridgehead atoms. The number of hydrogen-bond acceptors (Lipinski definition) is 1. The summed E-state index contributed by atoms with van der Waals surface area (Å²) in [5, 5.41) is 0. The van der Waals surface area contributed by atoms with Gasteiger partial charge in [0.1, 0.15) is 0 Å². The van der Waals surface area contributed by atoms with E-state index in [-0.39, 0.29) is 59.9 Å². The Morgan fingerprint density at radius 1 is 1.57 bits per heavy atom. The first-order chi connectivity index (χ1) is 1.91. The van der Waals surface area contributed by atoms with Gasteiger partial charge in [0.2, 0.25) is 0 Å². The van der Waals surface area contributed by atoms with Crippen LogP contribution in [-0.4, -0.2) is 6.29 Å². The van der Waals surface area contributed by atoms with Gasteiger partial charge in [0, 0.05) is 37.6 Å². The number of carbonyl (C=O) groups excluding carboxylic acids is 1. The van der Waals surface area contributed by atoms with Crippen LogP contribution in [-0.2, 0) is 64.7 Å². The second-order valence-electron chi connectivity index (χ2n) is 0.322. The van der Waals surface area contributed by atoms with E-state index in [9.17, 15) is 0 Å². The molecule has 0 aliphatic rings. The van der Waals surface area contributed by atoms with Crippen LogP contribution in [0.5, 0.6) is 0 Å². The minimum atomic E-state index is 0. The van der Waals surface area contributed by atoms with Crippen molar-refractivity contribution in [2.24, 2.45) is 0 Å². The molecule has 0 aromatic rings. The molecule has 0 atom stereocenters. The maximum absolute atomic E-state index is 8.93. The molecule has 0 rings (SSSR count). The molecule has 0 unspecified atom stereocenters. The average Bonchev–Trinajstić information content (AvgIpc) is 1.37. The van der Waals surface area contributed by atoms with Crippen LogP contribution in [0.4, 0.5) is 0 Å². The first kappa shape index (κ1) is 23.9. The molecule has 0 aliphatic heterocycles. The third-order valence-electron chi connectivity index (χ3n) is 0.0833. The van der Waals surface area contributed by atoms with Crippen molar-refractivity contribution in [2.75, 3.05) is 0 Å². The normalized spacial score (nSPS) is 2.86. The summed E-state index contributed by atoms with van der Waals surface area (Å²) in [4.78, 5) is 8.93. The zero-order chi connectivity index (χ0) is 3.41. The smallest absolute Gasteiger partial charge is 0.419 e. The Labute approximate surface area is 83.0 Å². The van der Waals surface area contributed by atoms with E-state index in [1.54, 1.807) is 0 Å². The minimum Gasteiger partial charge on any atom is -0.419 e. The van der Waals surface area contributed by atoms with Crippen LogP contribution in [0.15, 0.2) is 12.7 Å². The van der Waals surface area contributed by atoms with Crippen LogP contribution in [0.2, 0.25) is 0 Å². The van der Waals surface area contributed by atoms with Gasteiger partial charge in [0.25, 0.3) is 0 Å². The average molecular weight is 407 g/mol. The Bertz CT molecular complexity index is 35.9. The molecule has 0 saturated carbocycles. The molecule has 1 nitrogen and oxygen atoms in total. The van der Waals surface area contributed by atoms with E-state index in [4.69, 9.17) is 4.79 Å². The Balaban J connectivity index is -0.0000000150. The molecule has 0 fully saturated rings. The fourth-order valence-electron chi connectivity index (χ4n) is 0. The summed E-state index contributed by atoms with van der Waals surface area (Å²) in [6, 6.07) is 0. The third kappa shape index (κ3) is 38.3. The molecule has 7 heavy (non-hydrogen) atoms. The molecule has 0 aromatic carbocycles. The largest absolute Gasteiger partial charge is 1.00 e. The van der Waals surface area contributed by atoms with Gasteiger partial charge in [0.15, 0.2) is 0 Å². The van der Waals surface area contributed by atoms with Crippen molar-refractivity contribution < 1.29 is 64.7 Å². The summed E-state index contributed by atoms with van der Waals surface area (Å²) in [7, 11) is 0. The topological polar surface area (TPSA) is 17.1 Å². The first-order valence-corrected chi connectivity index (χ1v) is 0.901. The molecule has 0 amide bonds. The van der Waals surface area contributed by atoms with E-state index in [2.05, 4.69) is 6.58 Å². The van der Waals surface area contributed by atoms with Gasteiger partial charge < -0.3 is 4.79 Å². The molecule has 0 saturated heterocycles. The van der Waals surface area contributed by atoms with Crippen LogP contribution in [0.25, 0.3) is 0 Å². The van der Waals surface area contributed by atoms with Crippen LogP contribution in [0.3, 0.4) is 0 Å². The Kier molecular flexibility index (Phi) is 90.3. The van der Waals surface area contributed by atoms with Gasteiger partial charge in [-0.1, -0.05) is 0 Å². The van der Waals surface area contributed by atoms with Crippen molar-refractivity contribution in [3.05, 3.63) is 12.7 Å². The summed E-state index contributed by atoms with van der Waals surface area (Å²) < 4.78 is 0. The minimum absolute atomic E-state index is 0. The van der Waals surface area contributed by atoms with Crippen LogP contribution in [0.1, 0.15) is 0 Å². The van der Waals surface area contributed by atoms with Gasteiger partial charge in [-0.25, -0.2) is 12.7 Å². The van der Waals surface area contributed by atoms with Crippen molar-refractivity contribution in [1.82, 2.24) is 0 Å². The second kappa shape index (κ2) is 26.5. The molecule has 0 N–H and O–H groups in total. The van der Waals surface area contributed by atoms with Crippen LogP contribution in [0, 0.1) is 0 Å². The van der Waals surface area contributed by atoms with Gasteiger partial charge in [-0.15, -0.1) is 0 Å². The van der Waals surface area contributed by atoms with Crippen molar-refractivity contribution >= 4 is 6.29 Å². The van der Waals surface area contributed by atoms with Crippen molar-refractivity contribution in [3.63, 3.8) is 0 Å². The molecule has 0 aliphatic carbocycles. The van der Waals surface area contributed by atoms with Gasteiger partial charge >= 0.3 is 22.4 Å². The predicted molar refractivity (Wildman–Crippen MR) is 15.9 cm³/mol. The van der Waals surface area contributed by atoms with Crippen LogP contribution >= 0.6 is 0 Å². The summed E-state index contributed by atoms with van der Waals surface area (Å²) in [6.07, 6.45) is 2.51. The van der Waals surface area contributed by atoms with Crippen LogP contribution < -0.4 is 0 Å². The molecule has 48 valence electrons. The van der Waals surface area contributed by atoms with Gasteiger partial charge in [-0.3, -0.25) is 0 Å². The van der Waals surface area contributed by atoms with Crippen molar-refractivity contribution in [2.45, 2.75) is 0 Å². The van der Waals surface area contributed by atoms with Gasteiger partial charge in [-0.2, -0.15) is 0 Å². The Morgan fingerprint density at radius 3 is 1.71 bits per heavy atom. The van der Waals surface area contributed by atoms with E-state index in [0.717, 1.165) is 6.08 Å². The molecule has 0 spiro atoms. The molecular formula is C3H3AuMoNiO. The maximum Gasteiger partial charge on any atom is 1.00 e. The number of hydrogen-bond donors (Lipinski definition) is 0. The number of rotatable bonds is 1. The number of allylic oxidation sites excluding steroid dienone is 1. The third-order valence-corrected chi connectivity index (χ3v) is 0.0833. The van der Waals surface area contributed by atoms with E-state index in [1.807, 2.05) is 0 Å². The molecule has 4 heteroatoms. The summed E-state index contributed by atoms with van der Waals surface area (Å²) in [5.74, 6) is 0. The summed E-state index contributed by atoms with van der Waals surface area (Å²) in [6.45, 7) is 3.06. The molecule has 0 aromatic heterocycles. The van der Waals surface area contributed by atoms with Crippen molar-refractivity contribution in [3.8, 4) is 0 Å². The summed E-state index contributed by atoms with van der Waals surface area (Å²) in [5.41, 5.74) is 0. The standard InChI is InChI=1S/C3H3O.Au.Mo.Ni/c1-2-3-4;;;/h2H,1H2;;;/q-1;+1;;. The molecular weight excluding hydrogens is 404 g/mol. The second-order valence-corrected chi connectivity index (χ2v) is 0.322. The fourth-order valence-corrected chi connectivity index (χ4v) is 0.